The lowest BCUT2D eigenvalue weighted by atomic mass is 10.2. The number of nitrogens with zero attached hydrogens (tertiary/aromatic N) is 3. The minimum atomic E-state index is -0.263. The summed E-state index contributed by atoms with van der Waals surface area (Å²) in [6.45, 7) is 1.48. The molecule has 0 aromatic carbocycles. The number of aromatic nitrogens is 2. The molecule has 2 aromatic heterocycles. The molecule has 5 nitrogen and oxygen atoms in total. The van der Waals surface area contributed by atoms with E-state index in [0.717, 1.165) is 38.8 Å². The molecule has 1 amide bonds. The summed E-state index contributed by atoms with van der Waals surface area (Å²) >= 11 is 1.39. The highest BCUT2D eigenvalue weighted by Gasteiger charge is 2.21. The Morgan fingerprint density at radius 1 is 1.21 bits per heavy atom. The fourth-order valence-electron chi connectivity index (χ4n) is 2.42. The fraction of sp³-hybridized carbons (Fsp3) is 0.462. The molecule has 1 aliphatic heterocycles. The summed E-state index contributed by atoms with van der Waals surface area (Å²) in [6.07, 6.45) is 7.42. The van der Waals surface area contributed by atoms with Crippen molar-refractivity contribution in [3.8, 4) is 0 Å². The van der Waals surface area contributed by atoms with Crippen molar-refractivity contribution in [2.24, 2.45) is 0 Å². The van der Waals surface area contributed by atoms with Gasteiger partial charge in [0.25, 0.3) is 11.5 Å². The van der Waals surface area contributed by atoms with Crippen molar-refractivity contribution in [3.05, 3.63) is 33.7 Å². The molecule has 1 fully saturated rings. The smallest absolute Gasteiger partial charge is 0.271 e. The lowest BCUT2D eigenvalue weighted by Gasteiger charge is -2.19. The van der Waals surface area contributed by atoms with Crippen LogP contribution in [0.5, 0.6) is 0 Å². The number of rotatable bonds is 1. The van der Waals surface area contributed by atoms with E-state index < -0.39 is 0 Å². The van der Waals surface area contributed by atoms with E-state index in [1.54, 1.807) is 16.5 Å². The van der Waals surface area contributed by atoms with Gasteiger partial charge in [0, 0.05) is 30.9 Å². The predicted octanol–water partition coefficient (Wildman–Crippen LogP) is 1.77. The lowest BCUT2D eigenvalue weighted by Crippen LogP contribution is -2.36. The van der Waals surface area contributed by atoms with Crippen molar-refractivity contribution in [3.63, 3.8) is 0 Å². The van der Waals surface area contributed by atoms with Crippen LogP contribution >= 0.6 is 11.3 Å². The average Bonchev–Trinajstić information content (AvgIpc) is 2.73. The largest absolute Gasteiger partial charge is 0.338 e. The Labute approximate surface area is 114 Å². The number of thiazole rings is 1. The maximum atomic E-state index is 12.4. The molecule has 0 atom stereocenters. The molecule has 0 spiro atoms. The topological polar surface area (TPSA) is 54.7 Å². The van der Waals surface area contributed by atoms with Crippen molar-refractivity contribution < 1.29 is 4.79 Å². The van der Waals surface area contributed by atoms with Crippen molar-refractivity contribution in [1.29, 1.82) is 0 Å². The molecule has 1 saturated heterocycles. The summed E-state index contributed by atoms with van der Waals surface area (Å²) in [5, 5.41) is 1.80. The van der Waals surface area contributed by atoms with Gasteiger partial charge in [0.1, 0.15) is 5.56 Å². The molecule has 0 aliphatic carbocycles. The molecule has 100 valence electrons. The Bertz CT molecular complexity index is 653. The molecule has 0 saturated carbocycles. The Balaban J connectivity index is 1.96. The zero-order chi connectivity index (χ0) is 13.2. The molecule has 0 unspecified atom stereocenters. The first-order valence-electron chi connectivity index (χ1n) is 6.51. The maximum Gasteiger partial charge on any atom is 0.271 e. The number of amides is 1. The molecule has 3 heterocycles. The standard InChI is InChI=1S/C13H15N3O2S/c17-11(15-5-3-1-2-4-6-15)10-9-14-13-16(12(10)18)7-8-19-13/h7-9H,1-6H2. The number of hydrogen-bond donors (Lipinski definition) is 0. The average molecular weight is 277 g/mol. The van der Waals surface area contributed by atoms with Gasteiger partial charge in [-0.3, -0.25) is 14.0 Å². The molecule has 6 heteroatoms. The van der Waals surface area contributed by atoms with E-state index in [4.69, 9.17) is 0 Å². The SMILES string of the molecule is O=C(c1cnc2sccn2c1=O)N1CCCCCC1. The summed E-state index contributed by atoms with van der Waals surface area (Å²) in [4.78, 5) is 31.2. The van der Waals surface area contributed by atoms with E-state index in [9.17, 15) is 9.59 Å². The first-order valence-corrected chi connectivity index (χ1v) is 7.39. The molecule has 2 aromatic rings. The summed E-state index contributed by atoms with van der Waals surface area (Å²) in [5.74, 6) is -0.181. The molecule has 3 rings (SSSR count). The maximum absolute atomic E-state index is 12.4. The Kier molecular flexibility index (Phi) is 3.33. The van der Waals surface area contributed by atoms with Crippen molar-refractivity contribution in [2.75, 3.05) is 13.1 Å². The number of carbonyl (C=O) groups is 1. The minimum Gasteiger partial charge on any atom is -0.338 e. The van der Waals surface area contributed by atoms with Crippen LogP contribution < -0.4 is 5.56 Å². The van der Waals surface area contributed by atoms with E-state index in [0.29, 0.717) is 4.96 Å². The second kappa shape index (κ2) is 5.13. The van der Waals surface area contributed by atoms with Gasteiger partial charge in [0.2, 0.25) is 0 Å². The molecule has 1 aliphatic rings. The third kappa shape index (κ3) is 2.28. The zero-order valence-corrected chi connectivity index (χ0v) is 11.4. The van der Waals surface area contributed by atoms with Gasteiger partial charge < -0.3 is 4.90 Å². The number of carbonyl (C=O) groups excluding carboxylic acids is 1. The van der Waals surface area contributed by atoms with Gasteiger partial charge in [-0.15, -0.1) is 11.3 Å². The van der Waals surface area contributed by atoms with Gasteiger partial charge in [-0.25, -0.2) is 4.98 Å². The monoisotopic (exact) mass is 277 g/mol. The second-order valence-electron chi connectivity index (χ2n) is 4.74. The molecular formula is C13H15N3O2S. The minimum absolute atomic E-state index is 0.179. The van der Waals surface area contributed by atoms with Gasteiger partial charge in [0.15, 0.2) is 4.96 Å². The van der Waals surface area contributed by atoms with Crippen LogP contribution in [-0.2, 0) is 0 Å². The van der Waals surface area contributed by atoms with Crippen LogP contribution in [0.15, 0.2) is 22.6 Å². The van der Waals surface area contributed by atoms with Gasteiger partial charge in [-0.05, 0) is 12.8 Å². The fourth-order valence-corrected chi connectivity index (χ4v) is 3.09. The van der Waals surface area contributed by atoms with Gasteiger partial charge >= 0.3 is 0 Å². The van der Waals surface area contributed by atoms with Crippen LogP contribution in [-0.4, -0.2) is 33.3 Å². The van der Waals surface area contributed by atoms with Crippen molar-refractivity contribution in [2.45, 2.75) is 25.7 Å². The van der Waals surface area contributed by atoms with Crippen LogP contribution in [0, 0.1) is 0 Å². The number of fused-ring (bicyclic) bond motifs is 1. The highest BCUT2D eigenvalue weighted by molar-refractivity contribution is 7.15. The van der Waals surface area contributed by atoms with E-state index >= 15 is 0 Å². The Morgan fingerprint density at radius 3 is 2.68 bits per heavy atom. The van der Waals surface area contributed by atoms with Crippen LogP contribution in [0.25, 0.3) is 4.96 Å². The number of likely N-dealkylation sites (tertiary alicyclic amines) is 1. The lowest BCUT2D eigenvalue weighted by molar-refractivity contribution is 0.0759. The summed E-state index contributed by atoms with van der Waals surface area (Å²) in [5.41, 5.74) is -0.0849. The molecular weight excluding hydrogens is 262 g/mol. The zero-order valence-electron chi connectivity index (χ0n) is 10.5. The highest BCUT2D eigenvalue weighted by atomic mass is 32.1. The van der Waals surface area contributed by atoms with Crippen LogP contribution in [0.2, 0.25) is 0 Å². The quantitative estimate of drug-likeness (QED) is 0.798. The van der Waals surface area contributed by atoms with Crippen molar-refractivity contribution in [1.82, 2.24) is 14.3 Å². The normalized spacial score (nSPS) is 16.5. The third-order valence-corrected chi connectivity index (χ3v) is 4.24. The van der Waals surface area contributed by atoms with Gasteiger partial charge in [-0.1, -0.05) is 12.8 Å². The van der Waals surface area contributed by atoms with Gasteiger partial charge in [0.05, 0.1) is 0 Å². The Morgan fingerprint density at radius 2 is 1.95 bits per heavy atom. The van der Waals surface area contributed by atoms with Crippen LogP contribution in [0.4, 0.5) is 0 Å². The first-order chi connectivity index (χ1) is 9.27. The second-order valence-corrected chi connectivity index (χ2v) is 5.61. The molecule has 19 heavy (non-hydrogen) atoms. The summed E-state index contributed by atoms with van der Waals surface area (Å²) in [7, 11) is 0. The van der Waals surface area contributed by atoms with E-state index in [2.05, 4.69) is 4.98 Å². The summed E-state index contributed by atoms with van der Waals surface area (Å²) in [6, 6.07) is 0. The molecule has 0 radical (unpaired) electrons. The molecule has 0 N–H and O–H groups in total. The first kappa shape index (κ1) is 12.3. The van der Waals surface area contributed by atoms with Gasteiger partial charge in [-0.2, -0.15) is 0 Å². The Hall–Kier alpha value is -1.69. The van der Waals surface area contributed by atoms with Crippen LogP contribution in [0.1, 0.15) is 36.0 Å². The van der Waals surface area contributed by atoms with E-state index in [1.807, 2.05) is 0 Å². The highest BCUT2D eigenvalue weighted by Crippen LogP contribution is 2.12. The van der Waals surface area contributed by atoms with Crippen molar-refractivity contribution >= 4 is 22.2 Å². The molecule has 0 bridgehead atoms. The third-order valence-electron chi connectivity index (χ3n) is 3.47. The number of hydrogen-bond acceptors (Lipinski definition) is 4. The van der Waals surface area contributed by atoms with Crippen LogP contribution in [0.3, 0.4) is 0 Å². The summed E-state index contributed by atoms with van der Waals surface area (Å²) < 4.78 is 1.44. The predicted molar refractivity (Wildman–Crippen MR) is 73.7 cm³/mol. The van der Waals surface area contributed by atoms with E-state index in [-0.39, 0.29) is 17.0 Å². The van der Waals surface area contributed by atoms with E-state index in [1.165, 1.54) is 21.9 Å².